The van der Waals surface area contributed by atoms with E-state index in [2.05, 4.69) is 0 Å². The molecule has 82 valence electrons. The van der Waals surface area contributed by atoms with Crippen LogP contribution in [0.1, 0.15) is 5.56 Å². The van der Waals surface area contributed by atoms with Crippen molar-refractivity contribution in [3.63, 3.8) is 0 Å². The van der Waals surface area contributed by atoms with Crippen LogP contribution in [0.25, 0.3) is 0 Å². The van der Waals surface area contributed by atoms with E-state index in [1.807, 2.05) is 0 Å². The summed E-state index contributed by atoms with van der Waals surface area (Å²) in [7, 11) is -9.65. The fourth-order valence-corrected chi connectivity index (χ4v) is 1.58. The van der Waals surface area contributed by atoms with Gasteiger partial charge in [0.25, 0.3) is 0 Å². The van der Waals surface area contributed by atoms with Crippen LogP contribution in [0.4, 0.5) is 23.8 Å². The summed E-state index contributed by atoms with van der Waals surface area (Å²) in [4.78, 5) is -2.07. The van der Waals surface area contributed by atoms with Crippen molar-refractivity contribution < 1.29 is 23.8 Å². The number of rotatable bonds is 1. The molecule has 0 amide bonds. The first kappa shape index (κ1) is 11.2. The van der Waals surface area contributed by atoms with E-state index in [1.54, 1.807) is 0 Å². The maximum Gasteiger partial charge on any atom is 0.310 e. The maximum atomic E-state index is 12.5. The first-order valence-electron chi connectivity index (χ1n) is 3.40. The molecule has 0 N–H and O–H groups in total. The Hall–Kier alpha value is -0.850. The molecule has 1 aromatic carbocycles. The molecular weight excluding hydrogens is 230 g/mol. The third-order valence-corrected chi connectivity index (χ3v) is 2.72. The molecule has 0 atom stereocenters. The van der Waals surface area contributed by atoms with Crippen LogP contribution in [-0.4, -0.2) is 0 Å². The Morgan fingerprint density at radius 2 is 1.50 bits per heavy atom. The van der Waals surface area contributed by atoms with Crippen LogP contribution in [0, 0.1) is 12.7 Å². The highest BCUT2D eigenvalue weighted by atomic mass is 32.5. The zero-order valence-electron chi connectivity index (χ0n) is 6.91. The van der Waals surface area contributed by atoms with Gasteiger partial charge in [0.15, 0.2) is 0 Å². The van der Waals surface area contributed by atoms with Gasteiger partial charge in [0.05, 0.1) is 0 Å². The van der Waals surface area contributed by atoms with E-state index in [0.29, 0.717) is 6.07 Å². The second-order valence-corrected chi connectivity index (χ2v) is 5.29. The number of aryl methyl sites for hydroxylation is 1. The number of hydrogen-bond acceptors (Lipinski definition) is 0. The molecule has 0 radical (unpaired) electrons. The van der Waals surface area contributed by atoms with E-state index in [9.17, 15) is 23.8 Å². The van der Waals surface area contributed by atoms with Crippen molar-refractivity contribution in [2.24, 2.45) is 0 Å². The van der Waals surface area contributed by atoms with E-state index in [0.717, 1.165) is 6.92 Å². The molecule has 0 aliphatic rings. The summed E-state index contributed by atoms with van der Waals surface area (Å²) in [5.74, 6) is -0.949. The highest BCUT2D eigenvalue weighted by molar-refractivity contribution is 8.45. The molecule has 0 aliphatic carbocycles. The van der Waals surface area contributed by atoms with Crippen LogP contribution in [0.3, 0.4) is 0 Å². The lowest BCUT2D eigenvalue weighted by Crippen LogP contribution is -2.06. The Labute approximate surface area is 76.3 Å². The Bertz CT molecular complexity index is 378. The van der Waals surface area contributed by atoms with Crippen LogP contribution >= 0.6 is 10.2 Å². The van der Waals surface area contributed by atoms with Crippen LogP contribution in [0.15, 0.2) is 23.1 Å². The van der Waals surface area contributed by atoms with Gasteiger partial charge in [-0.3, -0.25) is 0 Å². The highest BCUT2D eigenvalue weighted by Gasteiger charge is 2.65. The largest absolute Gasteiger partial charge is 0.310 e. The molecule has 7 heteroatoms. The van der Waals surface area contributed by atoms with Gasteiger partial charge >= 0.3 is 10.2 Å². The normalized spacial score (nSPS) is 17.4. The summed E-state index contributed by atoms with van der Waals surface area (Å²) >= 11 is 0. The summed E-state index contributed by atoms with van der Waals surface area (Å²) in [6.45, 7) is 0.988. The average Bonchev–Trinajstić information content (AvgIpc) is 1.89. The molecule has 0 aliphatic heterocycles. The van der Waals surface area contributed by atoms with Crippen molar-refractivity contribution in [2.75, 3.05) is 0 Å². The van der Waals surface area contributed by atoms with Crippen LogP contribution in [-0.2, 0) is 0 Å². The number of hydrogen-bond donors (Lipinski definition) is 0. The van der Waals surface area contributed by atoms with Gasteiger partial charge in [-0.25, -0.2) is 4.39 Å². The standard InChI is InChI=1S/C7H6F6S/c1-5-4-6(2-3-7(5)8)14(9,10,11,12)13/h2-4H,1H3. The quantitative estimate of drug-likeness (QED) is 0.615. The molecule has 0 saturated heterocycles. The third kappa shape index (κ3) is 2.34. The lowest BCUT2D eigenvalue weighted by atomic mass is 10.2. The van der Waals surface area contributed by atoms with Gasteiger partial charge in [0.1, 0.15) is 10.7 Å². The van der Waals surface area contributed by atoms with Crippen LogP contribution in [0.5, 0.6) is 0 Å². The van der Waals surface area contributed by atoms with E-state index >= 15 is 0 Å². The fraction of sp³-hybridized carbons (Fsp3) is 0.143. The molecule has 0 unspecified atom stereocenters. The zero-order chi connectivity index (χ0) is 11.3. The molecule has 0 bridgehead atoms. The molecular formula is C7H6F6S. The molecule has 0 aromatic heterocycles. The van der Waals surface area contributed by atoms with Gasteiger partial charge in [-0.15, -0.1) is 0 Å². The Morgan fingerprint density at radius 1 is 1.00 bits per heavy atom. The Kier molecular flexibility index (Phi) is 1.77. The van der Waals surface area contributed by atoms with E-state index in [1.165, 1.54) is 0 Å². The van der Waals surface area contributed by atoms with E-state index < -0.39 is 26.5 Å². The monoisotopic (exact) mass is 236 g/mol. The number of benzene rings is 1. The molecule has 0 fully saturated rings. The topological polar surface area (TPSA) is 0 Å². The SMILES string of the molecule is Cc1cc(S(F)(F)(F)(F)F)ccc1F. The summed E-state index contributed by atoms with van der Waals surface area (Å²) in [6, 6.07) is 0.531. The smallest absolute Gasteiger partial charge is 0.207 e. The minimum atomic E-state index is -9.65. The van der Waals surface area contributed by atoms with Crippen molar-refractivity contribution in [1.82, 2.24) is 0 Å². The average molecular weight is 236 g/mol. The van der Waals surface area contributed by atoms with Gasteiger partial charge in [-0.1, -0.05) is 19.4 Å². The zero-order valence-corrected chi connectivity index (χ0v) is 7.72. The Morgan fingerprint density at radius 3 is 1.86 bits per heavy atom. The van der Waals surface area contributed by atoms with E-state index in [-0.39, 0.29) is 12.1 Å². The minimum absolute atomic E-state index is 0.0455. The number of halogens is 6. The lowest BCUT2D eigenvalue weighted by molar-refractivity contribution is 0.363. The predicted octanol–water partition coefficient (Wildman–Crippen LogP) is 4.79. The minimum Gasteiger partial charge on any atom is -0.207 e. The third-order valence-electron chi connectivity index (χ3n) is 1.57. The van der Waals surface area contributed by atoms with Gasteiger partial charge < -0.3 is 0 Å². The van der Waals surface area contributed by atoms with Gasteiger partial charge in [-0.2, -0.15) is 0 Å². The predicted molar refractivity (Wildman–Crippen MR) is 42.5 cm³/mol. The molecule has 0 saturated carbocycles. The molecule has 0 nitrogen and oxygen atoms in total. The van der Waals surface area contributed by atoms with E-state index in [4.69, 9.17) is 0 Å². The maximum absolute atomic E-state index is 12.5. The van der Waals surface area contributed by atoms with Crippen molar-refractivity contribution in [2.45, 2.75) is 11.8 Å². The van der Waals surface area contributed by atoms with Crippen molar-refractivity contribution in [3.05, 3.63) is 29.6 Å². The molecule has 0 heterocycles. The summed E-state index contributed by atoms with van der Waals surface area (Å²) in [5, 5.41) is 0. The fourth-order valence-electron chi connectivity index (χ4n) is 0.857. The van der Waals surface area contributed by atoms with Gasteiger partial charge in [0, 0.05) is 0 Å². The first-order chi connectivity index (χ1) is 5.90. The summed E-state index contributed by atoms with van der Waals surface area (Å²) in [5.41, 5.74) is -0.462. The Balaban J connectivity index is 3.45. The summed E-state index contributed by atoms with van der Waals surface area (Å²) in [6.07, 6.45) is 0. The van der Waals surface area contributed by atoms with Crippen molar-refractivity contribution in [1.29, 1.82) is 0 Å². The first-order valence-corrected chi connectivity index (χ1v) is 5.35. The van der Waals surface area contributed by atoms with Crippen LogP contribution in [0.2, 0.25) is 0 Å². The van der Waals surface area contributed by atoms with Gasteiger partial charge in [0.2, 0.25) is 0 Å². The summed E-state index contributed by atoms with van der Waals surface area (Å²) < 4.78 is 73.2. The second-order valence-electron chi connectivity index (χ2n) is 2.88. The highest BCUT2D eigenvalue weighted by Crippen LogP contribution is 3.02. The molecule has 1 rings (SSSR count). The molecule has 14 heavy (non-hydrogen) atoms. The lowest BCUT2D eigenvalue weighted by Gasteiger charge is -2.40. The molecule has 0 spiro atoms. The molecule has 1 aromatic rings. The van der Waals surface area contributed by atoms with Crippen LogP contribution < -0.4 is 0 Å². The van der Waals surface area contributed by atoms with Crippen molar-refractivity contribution >= 4 is 10.2 Å². The van der Waals surface area contributed by atoms with Gasteiger partial charge in [-0.05, 0) is 30.7 Å². The van der Waals surface area contributed by atoms with Crippen molar-refractivity contribution in [3.8, 4) is 0 Å². The second kappa shape index (κ2) is 2.21.